The lowest BCUT2D eigenvalue weighted by Crippen LogP contribution is -2.30. The van der Waals surface area contributed by atoms with Gasteiger partial charge in [-0.1, -0.05) is 344 Å². The highest BCUT2D eigenvalue weighted by Crippen LogP contribution is 2.18. The number of esters is 3. The SMILES string of the molecule is CC/C=C\C/C=C\C/C=C\C/C=C\C/C=C\C/C=C\CCCCC(=O)OC(COC(=O)CCCCCCCCCCCCCC)COC(=O)CCCCCCCCCCCCCCCCCCCCCCCCCCCCCCC. The topological polar surface area (TPSA) is 78.9 Å². The zero-order chi connectivity index (χ0) is 57.8. The maximum atomic E-state index is 12.9. The number of carbonyl (C=O) groups excluding carboxylic acids is 3. The predicted octanol–water partition coefficient (Wildman–Crippen LogP) is 24.1. The van der Waals surface area contributed by atoms with Gasteiger partial charge in [-0.3, -0.25) is 14.4 Å². The van der Waals surface area contributed by atoms with Gasteiger partial charge in [-0.25, -0.2) is 0 Å². The van der Waals surface area contributed by atoms with E-state index in [0.717, 1.165) is 89.9 Å². The first-order valence-corrected chi connectivity index (χ1v) is 34.9. The second-order valence-electron chi connectivity index (χ2n) is 23.4. The third-order valence-corrected chi connectivity index (χ3v) is 15.5. The third kappa shape index (κ3) is 65.7. The van der Waals surface area contributed by atoms with Crippen molar-refractivity contribution >= 4 is 17.9 Å². The average Bonchev–Trinajstić information content (AvgIpc) is 3.46. The van der Waals surface area contributed by atoms with Crippen molar-refractivity contribution in [2.75, 3.05) is 13.2 Å². The van der Waals surface area contributed by atoms with Crippen molar-refractivity contribution < 1.29 is 28.6 Å². The molecule has 6 heteroatoms. The predicted molar refractivity (Wildman–Crippen MR) is 348 cm³/mol. The van der Waals surface area contributed by atoms with Crippen LogP contribution in [0.1, 0.15) is 361 Å². The molecule has 80 heavy (non-hydrogen) atoms. The Morgan fingerprint density at radius 2 is 0.487 bits per heavy atom. The fourth-order valence-corrected chi connectivity index (χ4v) is 10.3. The van der Waals surface area contributed by atoms with E-state index in [9.17, 15) is 14.4 Å². The van der Waals surface area contributed by atoms with Crippen LogP contribution in [0.5, 0.6) is 0 Å². The molecule has 0 amide bonds. The van der Waals surface area contributed by atoms with E-state index in [4.69, 9.17) is 14.2 Å². The monoisotopic (exact) mass is 1120 g/mol. The summed E-state index contributed by atoms with van der Waals surface area (Å²) >= 11 is 0. The van der Waals surface area contributed by atoms with Gasteiger partial charge in [0, 0.05) is 19.3 Å². The molecule has 0 saturated heterocycles. The maximum absolute atomic E-state index is 12.9. The molecule has 0 saturated carbocycles. The van der Waals surface area contributed by atoms with Gasteiger partial charge in [0.1, 0.15) is 13.2 Å². The van der Waals surface area contributed by atoms with Crippen LogP contribution in [0, 0.1) is 0 Å². The lowest BCUT2D eigenvalue weighted by Gasteiger charge is -2.18. The van der Waals surface area contributed by atoms with Gasteiger partial charge < -0.3 is 14.2 Å². The second kappa shape index (κ2) is 68.3. The maximum Gasteiger partial charge on any atom is 0.306 e. The summed E-state index contributed by atoms with van der Waals surface area (Å²) in [5.74, 6) is -0.913. The van der Waals surface area contributed by atoms with Crippen LogP contribution in [0.3, 0.4) is 0 Å². The van der Waals surface area contributed by atoms with Crippen molar-refractivity contribution in [2.24, 2.45) is 0 Å². The van der Waals surface area contributed by atoms with Crippen molar-refractivity contribution in [1.29, 1.82) is 0 Å². The standard InChI is InChI=1S/C74H132O6/c1-4-7-10-13-16-19-22-25-27-29-31-33-34-35-36-37-38-39-40-42-43-45-47-49-52-55-58-61-64-67-73(76)79-70-71(69-78-72(75)66-63-60-57-54-51-24-21-18-15-12-9-6-3)80-74(77)68-65-62-59-56-53-50-48-46-44-41-32-30-28-26-23-20-17-14-11-8-5-2/h8,11,17,20,26,28,32,41,46,48,53,56,71H,4-7,9-10,12-16,18-19,21-25,27,29-31,33-40,42-45,47,49-52,54-55,57-70H2,1-3H3/b11-8-,20-17-,28-26-,41-32-,48-46-,56-53-. The van der Waals surface area contributed by atoms with Crippen molar-refractivity contribution in [3.8, 4) is 0 Å². The Hall–Kier alpha value is -3.15. The van der Waals surface area contributed by atoms with E-state index < -0.39 is 6.10 Å². The van der Waals surface area contributed by atoms with Crippen LogP contribution in [0.25, 0.3) is 0 Å². The Kier molecular flexibility index (Phi) is 65.7. The highest BCUT2D eigenvalue weighted by atomic mass is 16.6. The molecule has 0 heterocycles. The Labute approximate surface area is 497 Å². The number of rotatable bonds is 64. The summed E-state index contributed by atoms with van der Waals surface area (Å²) in [5, 5.41) is 0. The van der Waals surface area contributed by atoms with Gasteiger partial charge in [-0.05, 0) is 70.6 Å². The van der Waals surface area contributed by atoms with E-state index in [2.05, 4.69) is 93.7 Å². The summed E-state index contributed by atoms with van der Waals surface area (Å²) in [6, 6.07) is 0. The van der Waals surface area contributed by atoms with E-state index in [1.807, 2.05) is 0 Å². The van der Waals surface area contributed by atoms with E-state index in [1.165, 1.54) is 225 Å². The highest BCUT2D eigenvalue weighted by Gasteiger charge is 2.19. The molecular formula is C74H132O6. The van der Waals surface area contributed by atoms with Crippen molar-refractivity contribution in [1.82, 2.24) is 0 Å². The molecule has 0 aromatic carbocycles. The molecular weight excluding hydrogens is 985 g/mol. The Balaban J connectivity index is 4.24. The van der Waals surface area contributed by atoms with Crippen LogP contribution < -0.4 is 0 Å². The van der Waals surface area contributed by atoms with Gasteiger partial charge in [0.05, 0.1) is 0 Å². The Bertz CT molecular complexity index is 1470. The summed E-state index contributed by atoms with van der Waals surface area (Å²) < 4.78 is 16.9. The minimum absolute atomic E-state index is 0.0887. The van der Waals surface area contributed by atoms with Crippen LogP contribution in [0.4, 0.5) is 0 Å². The van der Waals surface area contributed by atoms with Crippen LogP contribution in [0.15, 0.2) is 72.9 Å². The molecule has 0 radical (unpaired) electrons. The highest BCUT2D eigenvalue weighted by molar-refractivity contribution is 5.71. The van der Waals surface area contributed by atoms with Crippen molar-refractivity contribution in [3.05, 3.63) is 72.9 Å². The molecule has 1 unspecified atom stereocenters. The summed E-state index contributed by atoms with van der Waals surface area (Å²) in [7, 11) is 0. The quantitative estimate of drug-likeness (QED) is 0.0261. The lowest BCUT2D eigenvalue weighted by atomic mass is 10.0. The van der Waals surface area contributed by atoms with E-state index >= 15 is 0 Å². The zero-order valence-corrected chi connectivity index (χ0v) is 53.3. The summed E-state index contributed by atoms with van der Waals surface area (Å²) in [5.41, 5.74) is 0. The average molecular weight is 1120 g/mol. The van der Waals surface area contributed by atoms with Gasteiger partial charge in [-0.2, -0.15) is 0 Å². The smallest absolute Gasteiger partial charge is 0.306 e. The van der Waals surface area contributed by atoms with Crippen molar-refractivity contribution in [3.63, 3.8) is 0 Å². The number of hydrogen-bond acceptors (Lipinski definition) is 6. The molecule has 0 aliphatic carbocycles. The summed E-state index contributed by atoms with van der Waals surface area (Å²) in [4.78, 5) is 38.3. The number of ether oxygens (including phenoxy) is 3. The van der Waals surface area contributed by atoms with E-state index in [-0.39, 0.29) is 37.5 Å². The zero-order valence-electron chi connectivity index (χ0n) is 53.3. The molecule has 0 N–H and O–H groups in total. The van der Waals surface area contributed by atoms with E-state index in [0.29, 0.717) is 19.3 Å². The van der Waals surface area contributed by atoms with Crippen LogP contribution in [0.2, 0.25) is 0 Å². The van der Waals surface area contributed by atoms with Crippen LogP contribution >= 0.6 is 0 Å². The molecule has 0 spiro atoms. The Morgan fingerprint density at radius 1 is 0.263 bits per heavy atom. The minimum Gasteiger partial charge on any atom is -0.462 e. The molecule has 0 bridgehead atoms. The number of carbonyl (C=O) groups is 3. The molecule has 0 fully saturated rings. The van der Waals surface area contributed by atoms with Gasteiger partial charge in [0.25, 0.3) is 0 Å². The summed E-state index contributed by atoms with van der Waals surface area (Å²) in [6.45, 7) is 6.54. The molecule has 464 valence electrons. The largest absolute Gasteiger partial charge is 0.462 e. The molecule has 0 aliphatic rings. The summed E-state index contributed by atoms with van der Waals surface area (Å²) in [6.07, 6.45) is 89.4. The normalized spacial score (nSPS) is 12.5. The fourth-order valence-electron chi connectivity index (χ4n) is 10.3. The minimum atomic E-state index is -0.797. The Morgan fingerprint density at radius 3 is 0.762 bits per heavy atom. The number of unbranched alkanes of at least 4 members (excludes halogenated alkanes) is 41. The van der Waals surface area contributed by atoms with Gasteiger partial charge in [0.15, 0.2) is 6.10 Å². The molecule has 0 aromatic heterocycles. The van der Waals surface area contributed by atoms with Crippen molar-refractivity contribution in [2.45, 2.75) is 367 Å². The molecule has 0 aromatic rings. The van der Waals surface area contributed by atoms with Crippen LogP contribution in [-0.2, 0) is 28.6 Å². The number of hydrogen-bond donors (Lipinski definition) is 0. The fraction of sp³-hybridized carbons (Fsp3) is 0.797. The molecule has 6 nitrogen and oxygen atoms in total. The molecule has 0 aliphatic heterocycles. The lowest BCUT2D eigenvalue weighted by molar-refractivity contribution is -0.167. The molecule has 1 atom stereocenters. The first-order chi connectivity index (χ1) is 39.5. The van der Waals surface area contributed by atoms with Gasteiger partial charge in [-0.15, -0.1) is 0 Å². The molecule has 0 rings (SSSR count). The van der Waals surface area contributed by atoms with Gasteiger partial charge in [0.2, 0.25) is 0 Å². The second-order valence-corrected chi connectivity index (χ2v) is 23.4. The number of allylic oxidation sites excluding steroid dienone is 12. The first-order valence-electron chi connectivity index (χ1n) is 34.9. The van der Waals surface area contributed by atoms with Gasteiger partial charge >= 0.3 is 17.9 Å². The van der Waals surface area contributed by atoms with E-state index in [1.54, 1.807) is 0 Å². The third-order valence-electron chi connectivity index (χ3n) is 15.5. The van der Waals surface area contributed by atoms with Crippen LogP contribution in [-0.4, -0.2) is 37.2 Å². The first kappa shape index (κ1) is 76.9.